The lowest BCUT2D eigenvalue weighted by molar-refractivity contribution is -0.175. The highest BCUT2D eigenvalue weighted by Crippen LogP contribution is 2.48. The quantitative estimate of drug-likeness (QED) is 0.567. The summed E-state index contributed by atoms with van der Waals surface area (Å²) in [4.78, 5) is 10.7. The molecule has 2 rings (SSSR count). The lowest BCUT2D eigenvalue weighted by atomic mass is 9.90. The van der Waals surface area contributed by atoms with E-state index in [1.165, 1.54) is 39.0 Å². The van der Waals surface area contributed by atoms with Crippen molar-refractivity contribution in [3.05, 3.63) is 0 Å². The van der Waals surface area contributed by atoms with Gasteiger partial charge in [-0.1, -0.05) is 26.7 Å². The smallest absolute Gasteiger partial charge is 0.304 e. The number of rotatable bonds is 4. The summed E-state index contributed by atoms with van der Waals surface area (Å²) < 4.78 is 10.5. The molecule has 106 valence electrons. The van der Waals surface area contributed by atoms with Crippen molar-refractivity contribution in [2.24, 2.45) is 17.8 Å². The molecule has 2 aliphatic rings. The predicted molar refractivity (Wildman–Crippen MR) is 72.1 cm³/mol. The molecule has 0 aromatic rings. The van der Waals surface area contributed by atoms with E-state index in [1.54, 1.807) is 6.92 Å². The predicted octanol–water partition coefficient (Wildman–Crippen LogP) is 3.76. The minimum absolute atomic E-state index is 0.268. The zero-order valence-electron chi connectivity index (χ0n) is 12.3. The van der Waals surface area contributed by atoms with Crippen molar-refractivity contribution >= 4 is 5.97 Å². The van der Waals surface area contributed by atoms with Crippen LogP contribution in [0.3, 0.4) is 0 Å². The number of hydrogen-bond donors (Lipinski definition) is 0. The summed E-state index contributed by atoms with van der Waals surface area (Å²) in [6.45, 7) is 8.21. The van der Waals surface area contributed by atoms with Crippen LogP contribution in [0.5, 0.6) is 0 Å². The molecule has 0 aliphatic heterocycles. The van der Waals surface area contributed by atoms with Gasteiger partial charge in [0.25, 0.3) is 0 Å². The monoisotopic (exact) mass is 256 g/mol. The molecule has 0 N–H and O–H groups in total. The molecule has 0 saturated heterocycles. The Morgan fingerprint density at radius 2 is 1.94 bits per heavy atom. The molecule has 0 radical (unpaired) electrons. The van der Waals surface area contributed by atoms with E-state index in [1.807, 2.05) is 0 Å². The number of esters is 1. The number of carbonyl (C=O) groups is 1. The van der Waals surface area contributed by atoms with Crippen LogP contribution >= 0.6 is 0 Å². The number of hydrogen-bond acceptors (Lipinski definition) is 3. The molecule has 3 heteroatoms. The van der Waals surface area contributed by atoms with Crippen molar-refractivity contribution in [3.63, 3.8) is 0 Å². The van der Waals surface area contributed by atoms with E-state index in [4.69, 9.17) is 9.47 Å². The second-order valence-electron chi connectivity index (χ2n) is 5.65. The summed E-state index contributed by atoms with van der Waals surface area (Å²) in [5, 5.41) is 0. The van der Waals surface area contributed by atoms with Gasteiger partial charge in [0.2, 0.25) is 0 Å². The van der Waals surface area contributed by atoms with Crippen LogP contribution in [-0.4, -0.2) is 18.9 Å². The molecule has 0 aromatic carbocycles. The molecule has 0 aromatic heterocycles. The van der Waals surface area contributed by atoms with Crippen LogP contribution in [0, 0.1) is 17.8 Å². The Kier molecular flexibility index (Phi) is 6.69. The third-order valence-electron chi connectivity index (χ3n) is 3.76. The van der Waals surface area contributed by atoms with Crippen LogP contribution in [-0.2, 0) is 14.3 Å². The SMILES string of the molecule is CC(=O)OC(C)OCC1CC2CCC1C2.CCC. The van der Waals surface area contributed by atoms with Gasteiger partial charge in [-0.05, 0) is 43.9 Å². The molecule has 4 unspecified atom stereocenters. The summed E-state index contributed by atoms with van der Waals surface area (Å²) in [5.41, 5.74) is 0. The standard InChI is InChI=1S/C12H20O3.C3H8/c1-8(13)15-9(2)14-7-12-6-10-3-4-11(12)5-10;1-3-2/h9-12H,3-7H2,1-2H3;3H2,1-2H3. The van der Waals surface area contributed by atoms with Crippen molar-refractivity contribution in [1.82, 2.24) is 0 Å². The molecule has 2 aliphatic carbocycles. The minimum atomic E-state index is -0.387. The Morgan fingerprint density at radius 1 is 1.28 bits per heavy atom. The fourth-order valence-corrected chi connectivity index (χ4v) is 3.11. The van der Waals surface area contributed by atoms with E-state index >= 15 is 0 Å². The van der Waals surface area contributed by atoms with Crippen molar-refractivity contribution in [3.8, 4) is 0 Å². The van der Waals surface area contributed by atoms with E-state index in [2.05, 4.69) is 13.8 Å². The van der Waals surface area contributed by atoms with Crippen molar-refractivity contribution in [2.45, 2.75) is 66.1 Å². The van der Waals surface area contributed by atoms with Crippen LogP contribution in [0.1, 0.15) is 59.8 Å². The maximum atomic E-state index is 10.7. The first-order valence-electron chi connectivity index (χ1n) is 7.35. The number of ether oxygens (including phenoxy) is 2. The average molecular weight is 256 g/mol. The van der Waals surface area contributed by atoms with Gasteiger partial charge >= 0.3 is 5.97 Å². The third kappa shape index (κ3) is 4.97. The topological polar surface area (TPSA) is 35.5 Å². The Bertz CT molecular complexity index is 252. The largest absolute Gasteiger partial charge is 0.436 e. The molecule has 2 bridgehead atoms. The Hall–Kier alpha value is -0.570. The molecule has 2 saturated carbocycles. The molecule has 0 spiro atoms. The van der Waals surface area contributed by atoms with Crippen molar-refractivity contribution in [1.29, 1.82) is 0 Å². The van der Waals surface area contributed by atoms with Crippen LogP contribution < -0.4 is 0 Å². The van der Waals surface area contributed by atoms with Gasteiger partial charge in [0, 0.05) is 6.92 Å². The van der Waals surface area contributed by atoms with E-state index in [9.17, 15) is 4.79 Å². The van der Waals surface area contributed by atoms with Crippen molar-refractivity contribution < 1.29 is 14.3 Å². The van der Waals surface area contributed by atoms with E-state index in [0.717, 1.165) is 18.4 Å². The van der Waals surface area contributed by atoms with Crippen LogP contribution in [0.15, 0.2) is 0 Å². The first kappa shape index (κ1) is 15.5. The van der Waals surface area contributed by atoms with Gasteiger partial charge in [-0.3, -0.25) is 4.79 Å². The fraction of sp³-hybridized carbons (Fsp3) is 0.933. The molecule has 4 atom stereocenters. The van der Waals surface area contributed by atoms with Gasteiger partial charge in [0.1, 0.15) is 0 Å². The Labute approximate surface area is 111 Å². The Morgan fingerprint density at radius 3 is 2.39 bits per heavy atom. The minimum Gasteiger partial charge on any atom is -0.436 e. The molecular weight excluding hydrogens is 228 g/mol. The first-order chi connectivity index (χ1) is 8.56. The van der Waals surface area contributed by atoms with Crippen molar-refractivity contribution in [2.75, 3.05) is 6.61 Å². The van der Waals surface area contributed by atoms with E-state index in [0.29, 0.717) is 5.92 Å². The van der Waals surface area contributed by atoms with Crippen LogP contribution in [0.4, 0.5) is 0 Å². The second-order valence-corrected chi connectivity index (χ2v) is 5.65. The molecule has 18 heavy (non-hydrogen) atoms. The lowest BCUT2D eigenvalue weighted by Gasteiger charge is -2.23. The zero-order valence-corrected chi connectivity index (χ0v) is 12.3. The molecule has 0 amide bonds. The van der Waals surface area contributed by atoms with Crippen LogP contribution in [0.25, 0.3) is 0 Å². The highest BCUT2D eigenvalue weighted by atomic mass is 16.7. The van der Waals surface area contributed by atoms with Gasteiger partial charge in [0.05, 0.1) is 6.61 Å². The maximum absolute atomic E-state index is 10.7. The fourth-order valence-electron chi connectivity index (χ4n) is 3.11. The molecular formula is C15H28O3. The van der Waals surface area contributed by atoms with E-state index in [-0.39, 0.29) is 12.3 Å². The highest BCUT2D eigenvalue weighted by Gasteiger charge is 2.39. The summed E-state index contributed by atoms with van der Waals surface area (Å²) in [6.07, 6.45) is 6.37. The lowest BCUT2D eigenvalue weighted by Crippen LogP contribution is -2.23. The van der Waals surface area contributed by atoms with E-state index < -0.39 is 0 Å². The number of carbonyl (C=O) groups excluding carboxylic acids is 1. The zero-order chi connectivity index (χ0) is 13.5. The first-order valence-corrected chi connectivity index (χ1v) is 7.35. The number of fused-ring (bicyclic) bond motifs is 2. The van der Waals surface area contributed by atoms with Crippen LogP contribution in [0.2, 0.25) is 0 Å². The average Bonchev–Trinajstić information content (AvgIpc) is 2.88. The van der Waals surface area contributed by atoms with Gasteiger partial charge in [-0.15, -0.1) is 0 Å². The van der Waals surface area contributed by atoms with Gasteiger partial charge in [-0.25, -0.2) is 0 Å². The molecule has 2 fully saturated rings. The highest BCUT2D eigenvalue weighted by molar-refractivity contribution is 5.65. The van der Waals surface area contributed by atoms with Gasteiger partial charge < -0.3 is 9.47 Å². The third-order valence-corrected chi connectivity index (χ3v) is 3.76. The van der Waals surface area contributed by atoms with Gasteiger partial charge in [0.15, 0.2) is 6.29 Å². The Balaban J connectivity index is 0.000000492. The van der Waals surface area contributed by atoms with Gasteiger partial charge in [-0.2, -0.15) is 0 Å². The second kappa shape index (κ2) is 7.78. The maximum Gasteiger partial charge on any atom is 0.304 e. The molecule has 0 heterocycles. The summed E-state index contributed by atoms with van der Waals surface area (Å²) in [5.74, 6) is 2.27. The normalized spacial score (nSPS) is 30.6. The summed E-state index contributed by atoms with van der Waals surface area (Å²) in [7, 11) is 0. The summed E-state index contributed by atoms with van der Waals surface area (Å²) >= 11 is 0. The summed E-state index contributed by atoms with van der Waals surface area (Å²) in [6, 6.07) is 0. The molecule has 3 nitrogen and oxygen atoms in total.